The van der Waals surface area contributed by atoms with Crippen LogP contribution in [0, 0.1) is 0 Å². The zero-order valence-electron chi connectivity index (χ0n) is 16.1. The minimum absolute atomic E-state index is 0.209. The van der Waals surface area contributed by atoms with Gasteiger partial charge in [0.25, 0.3) is 0 Å². The number of carbonyl (C=O) groups is 1. The summed E-state index contributed by atoms with van der Waals surface area (Å²) >= 11 is 0. The van der Waals surface area contributed by atoms with Crippen LogP contribution in [0.15, 0.2) is 103 Å². The van der Waals surface area contributed by atoms with Crippen LogP contribution in [-0.4, -0.2) is 11.2 Å². The number of allylic oxidation sites excluding steroid dienone is 1. The molecule has 4 nitrogen and oxygen atoms in total. The monoisotopic (exact) mass is 385 g/mol. The summed E-state index contributed by atoms with van der Waals surface area (Å²) in [7, 11) is 0. The summed E-state index contributed by atoms with van der Waals surface area (Å²) in [4.78, 5) is 18.7. The lowest BCUT2D eigenvalue weighted by molar-refractivity contribution is -0.102. The first-order valence-corrected chi connectivity index (χ1v) is 9.77. The molecule has 1 heterocycles. The molecule has 1 aliphatic rings. The van der Waals surface area contributed by atoms with E-state index in [4.69, 9.17) is 9.57 Å². The maximum Gasteiger partial charge on any atom is 0.444 e. The smallest absolute Gasteiger partial charge is 0.442 e. The van der Waals surface area contributed by atoms with Crippen molar-refractivity contribution in [3.05, 3.63) is 120 Å². The fourth-order valence-corrected chi connectivity index (χ4v) is 3.31. The predicted octanol–water partition coefficient (Wildman–Crippen LogP) is 5.83. The molecule has 0 N–H and O–H groups in total. The largest absolute Gasteiger partial charge is 0.444 e. The van der Waals surface area contributed by atoms with E-state index in [2.05, 4.69) is 12.1 Å². The summed E-state index contributed by atoms with van der Waals surface area (Å²) < 4.78 is 5.50. The van der Waals surface area contributed by atoms with Crippen molar-refractivity contribution < 1.29 is 14.4 Å². The third kappa shape index (κ3) is 4.85. The van der Waals surface area contributed by atoms with Gasteiger partial charge in [0.15, 0.2) is 0 Å². The molecule has 1 aliphatic heterocycles. The Hall–Kier alpha value is -3.53. The molecule has 4 heteroatoms. The molecular weight excluding hydrogens is 362 g/mol. The first-order chi connectivity index (χ1) is 14.3. The fourth-order valence-electron chi connectivity index (χ4n) is 3.31. The van der Waals surface area contributed by atoms with Crippen molar-refractivity contribution in [2.45, 2.75) is 25.5 Å². The Morgan fingerprint density at radius 3 is 2.03 bits per heavy atom. The van der Waals surface area contributed by atoms with Crippen LogP contribution in [0.5, 0.6) is 0 Å². The van der Waals surface area contributed by atoms with Crippen LogP contribution in [0.4, 0.5) is 4.79 Å². The summed E-state index contributed by atoms with van der Waals surface area (Å²) in [6.45, 7) is 0.209. The van der Waals surface area contributed by atoms with Gasteiger partial charge in [-0.2, -0.15) is 0 Å². The average molecular weight is 385 g/mol. The number of rotatable bonds is 6. The summed E-state index contributed by atoms with van der Waals surface area (Å²) in [6.07, 6.45) is 3.08. The molecule has 4 rings (SSSR count). The molecule has 3 aromatic rings. The second-order valence-corrected chi connectivity index (χ2v) is 6.93. The Morgan fingerprint density at radius 2 is 1.38 bits per heavy atom. The molecule has 0 bridgehead atoms. The Morgan fingerprint density at radius 1 is 0.793 bits per heavy atom. The first-order valence-electron chi connectivity index (χ1n) is 9.77. The average Bonchev–Trinajstić information content (AvgIpc) is 3.23. The number of benzene rings is 3. The quantitative estimate of drug-likeness (QED) is 0.536. The lowest BCUT2D eigenvalue weighted by atomic mass is 10.0. The summed E-state index contributed by atoms with van der Waals surface area (Å²) in [5, 5.41) is 1.33. The van der Waals surface area contributed by atoms with Gasteiger partial charge >= 0.3 is 6.09 Å². The normalized spacial score (nSPS) is 15.5. The molecule has 0 saturated heterocycles. The Balaban J connectivity index is 1.45. The third-order valence-electron chi connectivity index (χ3n) is 4.84. The zero-order chi connectivity index (χ0) is 19.9. The highest BCUT2D eigenvalue weighted by molar-refractivity contribution is 5.68. The van der Waals surface area contributed by atoms with Crippen LogP contribution >= 0.6 is 0 Å². The first kappa shape index (κ1) is 18.8. The van der Waals surface area contributed by atoms with E-state index in [9.17, 15) is 4.79 Å². The molecule has 146 valence electrons. The molecule has 0 saturated carbocycles. The standard InChI is InChI=1S/C25H23NO3/c27-25(28-19-21-12-6-2-7-13-21)26-24(22-14-8-3-9-15-22)18-23(29-26)17-16-20-10-4-1-5-11-20/h1-15,18,24H,16-17,19H2. The lowest BCUT2D eigenvalue weighted by Gasteiger charge is -2.22. The summed E-state index contributed by atoms with van der Waals surface area (Å²) in [5.74, 6) is 0.777. The van der Waals surface area contributed by atoms with E-state index < -0.39 is 6.09 Å². The van der Waals surface area contributed by atoms with Gasteiger partial charge in [0.05, 0.1) is 0 Å². The van der Waals surface area contributed by atoms with Gasteiger partial charge in [-0.25, -0.2) is 4.79 Å². The summed E-state index contributed by atoms with van der Waals surface area (Å²) in [5.41, 5.74) is 3.16. The van der Waals surface area contributed by atoms with Crippen molar-refractivity contribution in [3.63, 3.8) is 0 Å². The SMILES string of the molecule is O=C(OCc1ccccc1)N1OC(CCc2ccccc2)=CC1c1ccccc1. The van der Waals surface area contributed by atoms with Crippen molar-refractivity contribution in [1.82, 2.24) is 5.06 Å². The number of hydrogen-bond acceptors (Lipinski definition) is 3. The van der Waals surface area contributed by atoms with Gasteiger partial charge in [-0.1, -0.05) is 91.0 Å². The van der Waals surface area contributed by atoms with E-state index in [0.29, 0.717) is 0 Å². The van der Waals surface area contributed by atoms with Crippen molar-refractivity contribution in [1.29, 1.82) is 0 Å². The van der Waals surface area contributed by atoms with Crippen LogP contribution in [0.25, 0.3) is 0 Å². The molecule has 3 aromatic carbocycles. The van der Waals surface area contributed by atoms with E-state index in [-0.39, 0.29) is 12.6 Å². The number of amides is 1. The number of ether oxygens (including phenoxy) is 1. The van der Waals surface area contributed by atoms with E-state index in [1.54, 1.807) is 0 Å². The second-order valence-electron chi connectivity index (χ2n) is 6.93. The van der Waals surface area contributed by atoms with Gasteiger partial charge in [-0.05, 0) is 29.2 Å². The van der Waals surface area contributed by atoms with Gasteiger partial charge in [-0.15, -0.1) is 5.06 Å². The number of carbonyl (C=O) groups excluding carboxylic acids is 1. The Bertz CT molecular complexity index is 955. The van der Waals surface area contributed by atoms with E-state index >= 15 is 0 Å². The number of hydroxylamine groups is 2. The second kappa shape index (κ2) is 9.11. The molecule has 0 aliphatic carbocycles. The van der Waals surface area contributed by atoms with Gasteiger partial charge in [0.1, 0.15) is 18.4 Å². The van der Waals surface area contributed by atoms with Gasteiger partial charge in [-0.3, -0.25) is 0 Å². The topological polar surface area (TPSA) is 38.8 Å². The van der Waals surface area contributed by atoms with E-state index in [1.807, 2.05) is 84.9 Å². The minimum atomic E-state index is -0.492. The maximum absolute atomic E-state index is 12.8. The van der Waals surface area contributed by atoms with Crippen LogP contribution in [0.3, 0.4) is 0 Å². The third-order valence-corrected chi connectivity index (χ3v) is 4.84. The van der Waals surface area contributed by atoms with Gasteiger partial charge in [0.2, 0.25) is 0 Å². The van der Waals surface area contributed by atoms with Crippen molar-refractivity contribution >= 4 is 6.09 Å². The lowest BCUT2D eigenvalue weighted by Crippen LogP contribution is -2.30. The molecule has 0 spiro atoms. The zero-order valence-corrected chi connectivity index (χ0v) is 16.1. The van der Waals surface area contributed by atoms with Crippen LogP contribution in [0.2, 0.25) is 0 Å². The maximum atomic E-state index is 12.8. The van der Waals surface area contributed by atoms with E-state index in [0.717, 1.165) is 29.7 Å². The van der Waals surface area contributed by atoms with Gasteiger partial charge < -0.3 is 9.57 Å². The van der Waals surface area contributed by atoms with Crippen molar-refractivity contribution in [3.8, 4) is 0 Å². The highest BCUT2D eigenvalue weighted by atomic mass is 16.7. The van der Waals surface area contributed by atoms with Crippen molar-refractivity contribution in [2.24, 2.45) is 0 Å². The molecule has 1 amide bonds. The molecule has 29 heavy (non-hydrogen) atoms. The molecular formula is C25H23NO3. The highest BCUT2D eigenvalue weighted by Gasteiger charge is 2.33. The van der Waals surface area contributed by atoms with Crippen molar-refractivity contribution in [2.75, 3.05) is 0 Å². The molecule has 0 fully saturated rings. The molecule has 1 atom stereocenters. The summed E-state index contributed by atoms with van der Waals surface area (Å²) in [6, 6.07) is 29.4. The molecule has 1 unspecified atom stereocenters. The number of nitrogens with zero attached hydrogens (tertiary/aromatic N) is 1. The highest BCUT2D eigenvalue weighted by Crippen LogP contribution is 2.33. The van der Waals surface area contributed by atoms with Gasteiger partial charge in [0, 0.05) is 6.42 Å². The van der Waals surface area contributed by atoms with Crippen LogP contribution < -0.4 is 0 Å². The van der Waals surface area contributed by atoms with E-state index in [1.165, 1.54) is 10.6 Å². The minimum Gasteiger partial charge on any atom is -0.442 e. The molecule has 0 aromatic heterocycles. The predicted molar refractivity (Wildman–Crippen MR) is 112 cm³/mol. The van der Waals surface area contributed by atoms with Crippen LogP contribution in [0.1, 0.15) is 29.2 Å². The number of aryl methyl sites for hydroxylation is 1. The van der Waals surface area contributed by atoms with Crippen LogP contribution in [-0.2, 0) is 22.6 Å². The molecule has 0 radical (unpaired) electrons. The Labute approximate surface area is 171 Å². The Kier molecular flexibility index (Phi) is 5.91. The fraction of sp³-hybridized carbons (Fsp3) is 0.160. The number of hydrogen-bond donors (Lipinski definition) is 0.